The summed E-state index contributed by atoms with van der Waals surface area (Å²) in [7, 11) is 2.21. The van der Waals surface area contributed by atoms with Crippen molar-refractivity contribution in [2.45, 2.75) is 44.2 Å². The molecule has 0 saturated carbocycles. The van der Waals surface area contributed by atoms with Crippen molar-refractivity contribution < 1.29 is 4.74 Å². The van der Waals surface area contributed by atoms with Crippen molar-refractivity contribution >= 4 is 0 Å². The number of hydrogen-bond donors (Lipinski definition) is 1. The van der Waals surface area contributed by atoms with Gasteiger partial charge >= 0.3 is 0 Å². The molecule has 2 heterocycles. The summed E-state index contributed by atoms with van der Waals surface area (Å²) in [5.41, 5.74) is 0.206. The van der Waals surface area contributed by atoms with E-state index in [-0.39, 0.29) is 5.60 Å². The molecule has 1 N–H and O–H groups in total. The third-order valence-corrected chi connectivity index (χ3v) is 3.88. The lowest BCUT2D eigenvalue weighted by Gasteiger charge is -2.45. The first-order chi connectivity index (χ1) is 7.24. The minimum Gasteiger partial charge on any atom is -0.375 e. The maximum atomic E-state index is 6.06. The second-order valence-corrected chi connectivity index (χ2v) is 5.08. The van der Waals surface area contributed by atoms with E-state index in [1.807, 2.05) is 0 Å². The average Bonchev–Trinajstić information content (AvgIpc) is 2.24. The Labute approximate surface area is 93.2 Å². The number of piperidine rings is 1. The molecule has 2 aliphatic rings. The second-order valence-electron chi connectivity index (χ2n) is 5.08. The Bertz CT molecular complexity index is 198. The molecule has 0 aromatic rings. The summed E-state index contributed by atoms with van der Waals surface area (Å²) in [5, 5.41) is 3.57. The molecule has 3 nitrogen and oxygen atoms in total. The van der Waals surface area contributed by atoms with Crippen LogP contribution < -0.4 is 5.32 Å². The first-order valence-electron chi connectivity index (χ1n) is 6.30. The largest absolute Gasteiger partial charge is 0.375 e. The molecule has 0 aromatic heterocycles. The number of nitrogens with one attached hydrogen (secondary N) is 1. The van der Waals surface area contributed by atoms with Crippen molar-refractivity contribution in [3.8, 4) is 0 Å². The highest BCUT2D eigenvalue weighted by atomic mass is 16.5. The van der Waals surface area contributed by atoms with Gasteiger partial charge in [0.1, 0.15) is 0 Å². The maximum absolute atomic E-state index is 6.06. The van der Waals surface area contributed by atoms with E-state index in [1.54, 1.807) is 0 Å². The standard InChI is InChI=1S/C12H24N2O/c1-3-13-11-4-9-15-12(10-11)5-7-14(2)8-6-12/h11,13H,3-10H2,1-2H3. The number of nitrogens with zero attached hydrogens (tertiary/aromatic N) is 1. The second kappa shape index (κ2) is 4.81. The average molecular weight is 212 g/mol. The Hall–Kier alpha value is -0.120. The van der Waals surface area contributed by atoms with Crippen LogP contribution in [0.1, 0.15) is 32.6 Å². The van der Waals surface area contributed by atoms with Crippen molar-refractivity contribution in [1.82, 2.24) is 10.2 Å². The van der Waals surface area contributed by atoms with Crippen molar-refractivity contribution in [2.75, 3.05) is 33.3 Å². The third kappa shape index (κ3) is 2.71. The van der Waals surface area contributed by atoms with E-state index in [0.717, 1.165) is 13.2 Å². The molecule has 0 radical (unpaired) electrons. The van der Waals surface area contributed by atoms with E-state index in [4.69, 9.17) is 4.74 Å². The van der Waals surface area contributed by atoms with Gasteiger partial charge in [-0.2, -0.15) is 0 Å². The molecule has 2 saturated heterocycles. The zero-order valence-electron chi connectivity index (χ0n) is 10.1. The molecule has 2 fully saturated rings. The Balaban J connectivity index is 1.90. The lowest BCUT2D eigenvalue weighted by Crippen LogP contribution is -2.52. The van der Waals surface area contributed by atoms with Gasteiger partial charge in [-0.15, -0.1) is 0 Å². The molecule has 0 amide bonds. The van der Waals surface area contributed by atoms with Gasteiger partial charge in [0.15, 0.2) is 0 Å². The summed E-state index contributed by atoms with van der Waals surface area (Å²) in [4.78, 5) is 2.41. The van der Waals surface area contributed by atoms with Gasteiger partial charge in [0, 0.05) is 25.7 Å². The molecule has 2 rings (SSSR count). The minimum atomic E-state index is 0.206. The van der Waals surface area contributed by atoms with Crippen molar-refractivity contribution in [3.63, 3.8) is 0 Å². The van der Waals surface area contributed by atoms with E-state index in [1.165, 1.54) is 38.8 Å². The molecule has 1 unspecified atom stereocenters. The van der Waals surface area contributed by atoms with Gasteiger partial charge in [-0.25, -0.2) is 0 Å². The zero-order chi connectivity index (χ0) is 10.7. The predicted octanol–water partition coefficient (Wildman–Crippen LogP) is 1.24. The SMILES string of the molecule is CCNC1CCOC2(CCN(C)CC2)C1. The van der Waals surface area contributed by atoms with Crippen molar-refractivity contribution in [1.29, 1.82) is 0 Å². The summed E-state index contributed by atoms with van der Waals surface area (Å²) < 4.78 is 6.06. The fourth-order valence-electron chi connectivity index (χ4n) is 2.87. The lowest BCUT2D eigenvalue weighted by atomic mass is 9.82. The smallest absolute Gasteiger partial charge is 0.0721 e. The first-order valence-corrected chi connectivity index (χ1v) is 6.30. The fraction of sp³-hybridized carbons (Fsp3) is 1.00. The van der Waals surface area contributed by atoms with E-state index >= 15 is 0 Å². The molecule has 0 aliphatic carbocycles. The third-order valence-electron chi connectivity index (χ3n) is 3.88. The predicted molar refractivity (Wildman–Crippen MR) is 62.1 cm³/mol. The maximum Gasteiger partial charge on any atom is 0.0721 e. The number of hydrogen-bond acceptors (Lipinski definition) is 3. The minimum absolute atomic E-state index is 0.206. The topological polar surface area (TPSA) is 24.5 Å². The quantitative estimate of drug-likeness (QED) is 0.745. The Morgan fingerprint density at radius 3 is 2.80 bits per heavy atom. The highest BCUT2D eigenvalue weighted by Crippen LogP contribution is 2.34. The van der Waals surface area contributed by atoms with Crippen LogP contribution in [0, 0.1) is 0 Å². The zero-order valence-corrected chi connectivity index (χ0v) is 10.1. The van der Waals surface area contributed by atoms with Gasteiger partial charge < -0.3 is 15.0 Å². The molecular formula is C12H24N2O. The fourth-order valence-corrected chi connectivity index (χ4v) is 2.87. The molecule has 1 atom stereocenters. The van der Waals surface area contributed by atoms with E-state index < -0.39 is 0 Å². The Kier molecular flexibility index (Phi) is 3.65. The summed E-state index contributed by atoms with van der Waals surface area (Å²) in [6.07, 6.45) is 4.83. The van der Waals surface area contributed by atoms with Crippen LogP contribution >= 0.6 is 0 Å². The summed E-state index contributed by atoms with van der Waals surface area (Å²) in [6, 6.07) is 0.687. The molecule has 88 valence electrons. The van der Waals surface area contributed by atoms with Gasteiger partial charge in [-0.3, -0.25) is 0 Å². The van der Waals surface area contributed by atoms with Crippen LogP contribution in [0.2, 0.25) is 0 Å². The van der Waals surface area contributed by atoms with E-state index in [2.05, 4.69) is 24.2 Å². The number of ether oxygens (including phenoxy) is 1. The van der Waals surface area contributed by atoms with Crippen LogP contribution in [-0.2, 0) is 4.74 Å². The highest BCUT2D eigenvalue weighted by Gasteiger charge is 2.39. The van der Waals surface area contributed by atoms with Gasteiger partial charge in [-0.05, 0) is 39.3 Å². The van der Waals surface area contributed by atoms with Crippen LogP contribution in [0.15, 0.2) is 0 Å². The van der Waals surface area contributed by atoms with Gasteiger partial charge in [0.2, 0.25) is 0 Å². The molecular weight excluding hydrogens is 188 g/mol. The first kappa shape index (κ1) is 11.4. The molecule has 2 aliphatic heterocycles. The molecule has 0 bridgehead atoms. The molecule has 1 spiro atoms. The molecule has 15 heavy (non-hydrogen) atoms. The van der Waals surface area contributed by atoms with Crippen LogP contribution in [0.4, 0.5) is 0 Å². The number of likely N-dealkylation sites (tertiary alicyclic amines) is 1. The van der Waals surface area contributed by atoms with Gasteiger partial charge in [0.25, 0.3) is 0 Å². The van der Waals surface area contributed by atoms with Crippen LogP contribution in [0.3, 0.4) is 0 Å². The Morgan fingerprint density at radius 1 is 1.40 bits per heavy atom. The van der Waals surface area contributed by atoms with Crippen LogP contribution in [0.5, 0.6) is 0 Å². The lowest BCUT2D eigenvalue weighted by molar-refractivity contribution is -0.117. The van der Waals surface area contributed by atoms with Gasteiger partial charge in [-0.1, -0.05) is 6.92 Å². The van der Waals surface area contributed by atoms with Crippen LogP contribution in [0.25, 0.3) is 0 Å². The van der Waals surface area contributed by atoms with Crippen molar-refractivity contribution in [3.05, 3.63) is 0 Å². The van der Waals surface area contributed by atoms with E-state index in [0.29, 0.717) is 6.04 Å². The van der Waals surface area contributed by atoms with E-state index in [9.17, 15) is 0 Å². The van der Waals surface area contributed by atoms with Crippen molar-refractivity contribution in [2.24, 2.45) is 0 Å². The normalized spacial score (nSPS) is 32.0. The monoisotopic (exact) mass is 212 g/mol. The summed E-state index contributed by atoms with van der Waals surface area (Å²) in [5.74, 6) is 0. The van der Waals surface area contributed by atoms with Gasteiger partial charge in [0.05, 0.1) is 5.60 Å². The molecule has 0 aromatic carbocycles. The Morgan fingerprint density at radius 2 is 2.13 bits per heavy atom. The molecule has 3 heteroatoms. The van der Waals surface area contributed by atoms with Crippen LogP contribution in [-0.4, -0.2) is 49.8 Å². The highest BCUT2D eigenvalue weighted by molar-refractivity contribution is 4.93. The summed E-state index contributed by atoms with van der Waals surface area (Å²) in [6.45, 7) is 6.61. The number of rotatable bonds is 2. The summed E-state index contributed by atoms with van der Waals surface area (Å²) >= 11 is 0.